The zero-order chi connectivity index (χ0) is 14.2. The summed E-state index contributed by atoms with van der Waals surface area (Å²) >= 11 is 6.03. The Morgan fingerprint density at radius 3 is 2.89 bits per heavy atom. The van der Waals surface area contributed by atoms with Crippen LogP contribution >= 0.6 is 11.6 Å². The fraction of sp³-hybridized carbons (Fsp3) is 0.357. The van der Waals surface area contributed by atoms with E-state index in [9.17, 15) is 9.90 Å². The third-order valence-corrected chi connectivity index (χ3v) is 3.66. The van der Waals surface area contributed by atoms with E-state index in [1.54, 1.807) is 26.0 Å². The van der Waals surface area contributed by atoms with E-state index in [1.165, 1.54) is 4.90 Å². The molecule has 0 aliphatic carbocycles. The predicted octanol–water partition coefficient (Wildman–Crippen LogP) is 3.77. The largest absolute Gasteiger partial charge is 0.465 e. The second-order valence-electron chi connectivity index (χ2n) is 4.91. The summed E-state index contributed by atoms with van der Waals surface area (Å²) in [5.74, 6) is 0. The van der Waals surface area contributed by atoms with E-state index in [0.29, 0.717) is 11.6 Å². The standard InChI is InChI=1S/C14H16ClNO3/c1-4-9-7-10(5-6-11(9)15)12-8-19-14(2,3)16(12)13(17)18/h4-7,12H,1,8H2,2-3H3,(H,17,18). The Kier molecular flexibility index (Phi) is 3.56. The topological polar surface area (TPSA) is 49.8 Å². The highest BCUT2D eigenvalue weighted by Crippen LogP contribution is 2.37. The number of benzene rings is 1. The number of carbonyl (C=O) groups is 1. The zero-order valence-corrected chi connectivity index (χ0v) is 11.6. The smallest absolute Gasteiger partial charge is 0.410 e. The van der Waals surface area contributed by atoms with Gasteiger partial charge in [-0.3, -0.25) is 4.90 Å². The van der Waals surface area contributed by atoms with Gasteiger partial charge in [0.2, 0.25) is 0 Å². The van der Waals surface area contributed by atoms with Gasteiger partial charge in [-0.1, -0.05) is 30.3 Å². The Labute approximate surface area is 117 Å². The van der Waals surface area contributed by atoms with Gasteiger partial charge in [-0.05, 0) is 37.1 Å². The number of carboxylic acid groups (broad SMARTS) is 1. The molecule has 0 radical (unpaired) electrons. The summed E-state index contributed by atoms with van der Waals surface area (Å²) in [5, 5.41) is 9.96. The molecule has 1 heterocycles. The predicted molar refractivity (Wildman–Crippen MR) is 74.2 cm³/mol. The molecule has 0 aromatic heterocycles. The second-order valence-corrected chi connectivity index (χ2v) is 5.32. The fourth-order valence-electron chi connectivity index (χ4n) is 2.34. The van der Waals surface area contributed by atoms with Crippen LogP contribution in [0.4, 0.5) is 4.79 Å². The summed E-state index contributed by atoms with van der Waals surface area (Å²) in [4.78, 5) is 12.7. The van der Waals surface area contributed by atoms with Crippen LogP contribution in [0.3, 0.4) is 0 Å². The van der Waals surface area contributed by atoms with Crippen LogP contribution < -0.4 is 0 Å². The lowest BCUT2D eigenvalue weighted by molar-refractivity contribution is -0.0420. The first kappa shape index (κ1) is 13.9. The fourth-order valence-corrected chi connectivity index (χ4v) is 2.53. The van der Waals surface area contributed by atoms with Crippen molar-refractivity contribution in [1.29, 1.82) is 0 Å². The number of hydrogen-bond donors (Lipinski definition) is 1. The summed E-state index contributed by atoms with van der Waals surface area (Å²) < 4.78 is 5.57. The van der Waals surface area contributed by atoms with E-state index >= 15 is 0 Å². The molecular weight excluding hydrogens is 266 g/mol. The minimum absolute atomic E-state index is 0.330. The summed E-state index contributed by atoms with van der Waals surface area (Å²) in [6, 6.07) is 5.09. The van der Waals surface area contributed by atoms with Crippen LogP contribution in [0.1, 0.15) is 31.0 Å². The highest BCUT2D eigenvalue weighted by Gasteiger charge is 2.44. The molecule has 1 N–H and O–H groups in total. The highest BCUT2D eigenvalue weighted by atomic mass is 35.5. The molecule has 0 spiro atoms. The van der Waals surface area contributed by atoms with Crippen molar-refractivity contribution in [2.75, 3.05) is 6.61 Å². The Bertz CT molecular complexity index is 527. The first-order chi connectivity index (χ1) is 8.86. The molecule has 1 aromatic carbocycles. The summed E-state index contributed by atoms with van der Waals surface area (Å²) in [6.07, 6.45) is 0.653. The molecule has 1 saturated heterocycles. The third-order valence-electron chi connectivity index (χ3n) is 3.32. The van der Waals surface area contributed by atoms with Crippen molar-refractivity contribution in [3.05, 3.63) is 40.9 Å². The van der Waals surface area contributed by atoms with Gasteiger partial charge in [-0.2, -0.15) is 0 Å². The number of amides is 1. The number of halogens is 1. The van der Waals surface area contributed by atoms with Crippen molar-refractivity contribution in [3.63, 3.8) is 0 Å². The lowest BCUT2D eigenvalue weighted by Gasteiger charge is -2.31. The molecule has 102 valence electrons. The minimum Gasteiger partial charge on any atom is -0.465 e. The van der Waals surface area contributed by atoms with Crippen molar-refractivity contribution in [3.8, 4) is 0 Å². The van der Waals surface area contributed by atoms with Crippen molar-refractivity contribution >= 4 is 23.8 Å². The van der Waals surface area contributed by atoms with Gasteiger partial charge in [0.15, 0.2) is 0 Å². The molecular formula is C14H16ClNO3. The number of nitrogens with zero attached hydrogens (tertiary/aromatic N) is 1. The molecule has 1 amide bonds. The summed E-state index contributed by atoms with van der Waals surface area (Å²) in [7, 11) is 0. The van der Waals surface area contributed by atoms with Gasteiger partial charge < -0.3 is 9.84 Å². The van der Waals surface area contributed by atoms with Crippen LogP contribution in [-0.2, 0) is 4.74 Å². The summed E-state index contributed by atoms with van der Waals surface area (Å²) in [6.45, 7) is 7.51. The maximum Gasteiger partial charge on any atom is 0.410 e. The monoisotopic (exact) mass is 281 g/mol. The SMILES string of the molecule is C=Cc1cc(C2COC(C)(C)N2C(=O)O)ccc1Cl. The molecule has 5 heteroatoms. The third kappa shape index (κ3) is 2.46. The van der Waals surface area contributed by atoms with Crippen LogP contribution in [0, 0.1) is 0 Å². The number of rotatable bonds is 2. The molecule has 4 nitrogen and oxygen atoms in total. The molecule has 1 aliphatic heterocycles. The molecule has 0 bridgehead atoms. The Morgan fingerprint density at radius 2 is 2.32 bits per heavy atom. The number of hydrogen-bond acceptors (Lipinski definition) is 2. The van der Waals surface area contributed by atoms with Gasteiger partial charge in [0, 0.05) is 5.02 Å². The Balaban J connectivity index is 2.41. The van der Waals surface area contributed by atoms with E-state index in [2.05, 4.69) is 6.58 Å². The van der Waals surface area contributed by atoms with Gasteiger partial charge >= 0.3 is 6.09 Å². The molecule has 1 unspecified atom stereocenters. The first-order valence-electron chi connectivity index (χ1n) is 5.95. The minimum atomic E-state index is -0.998. The average molecular weight is 282 g/mol. The Hall–Kier alpha value is -1.52. The number of ether oxygens (including phenoxy) is 1. The van der Waals surface area contributed by atoms with E-state index in [-0.39, 0.29) is 6.04 Å². The van der Waals surface area contributed by atoms with Crippen LogP contribution in [0.5, 0.6) is 0 Å². The van der Waals surface area contributed by atoms with Gasteiger partial charge in [0.1, 0.15) is 5.72 Å². The van der Waals surface area contributed by atoms with Crippen LogP contribution in [0.25, 0.3) is 6.08 Å². The van der Waals surface area contributed by atoms with Crippen LogP contribution in [0.15, 0.2) is 24.8 Å². The zero-order valence-electron chi connectivity index (χ0n) is 10.9. The normalized spacial score (nSPS) is 21.4. The lowest BCUT2D eigenvalue weighted by atomic mass is 10.0. The lowest BCUT2D eigenvalue weighted by Crippen LogP contribution is -2.44. The Morgan fingerprint density at radius 1 is 1.63 bits per heavy atom. The van der Waals surface area contributed by atoms with Gasteiger partial charge in [-0.25, -0.2) is 4.79 Å². The van der Waals surface area contributed by atoms with E-state index in [0.717, 1.165) is 11.1 Å². The molecule has 0 saturated carbocycles. The quantitative estimate of drug-likeness (QED) is 0.898. The van der Waals surface area contributed by atoms with Crippen molar-refractivity contribution in [1.82, 2.24) is 4.90 Å². The van der Waals surface area contributed by atoms with E-state index in [1.807, 2.05) is 12.1 Å². The maximum atomic E-state index is 11.4. The molecule has 1 atom stereocenters. The second kappa shape index (κ2) is 4.87. The van der Waals surface area contributed by atoms with Gasteiger partial charge in [-0.15, -0.1) is 0 Å². The van der Waals surface area contributed by atoms with Crippen molar-refractivity contribution in [2.24, 2.45) is 0 Å². The van der Waals surface area contributed by atoms with Crippen molar-refractivity contribution < 1.29 is 14.6 Å². The molecule has 1 aliphatic rings. The molecule has 1 aromatic rings. The van der Waals surface area contributed by atoms with Crippen LogP contribution in [0.2, 0.25) is 5.02 Å². The van der Waals surface area contributed by atoms with Gasteiger partial charge in [0.25, 0.3) is 0 Å². The molecule has 2 rings (SSSR count). The highest BCUT2D eigenvalue weighted by molar-refractivity contribution is 6.32. The van der Waals surface area contributed by atoms with E-state index < -0.39 is 11.8 Å². The average Bonchev–Trinajstić information content (AvgIpc) is 2.65. The molecule has 1 fully saturated rings. The van der Waals surface area contributed by atoms with Gasteiger partial charge in [0.05, 0.1) is 12.6 Å². The van der Waals surface area contributed by atoms with E-state index in [4.69, 9.17) is 16.3 Å². The maximum absolute atomic E-state index is 11.4. The first-order valence-corrected chi connectivity index (χ1v) is 6.32. The van der Waals surface area contributed by atoms with Crippen molar-refractivity contribution in [2.45, 2.75) is 25.6 Å². The summed E-state index contributed by atoms with van der Waals surface area (Å²) in [5.41, 5.74) is 0.811. The van der Waals surface area contributed by atoms with Crippen LogP contribution in [-0.4, -0.2) is 28.4 Å². The molecule has 19 heavy (non-hydrogen) atoms.